The van der Waals surface area contributed by atoms with E-state index in [1.165, 1.54) is 12.0 Å². The third-order valence-electron chi connectivity index (χ3n) is 6.60. The summed E-state index contributed by atoms with van der Waals surface area (Å²) in [5.74, 6) is 0.441. The number of anilines is 1. The first-order valence-electron chi connectivity index (χ1n) is 12.5. The molecule has 1 aromatic heterocycles. The van der Waals surface area contributed by atoms with Gasteiger partial charge in [0.05, 0.1) is 25.4 Å². The van der Waals surface area contributed by atoms with Crippen molar-refractivity contribution in [2.75, 3.05) is 19.1 Å². The maximum absolute atomic E-state index is 14.2. The van der Waals surface area contributed by atoms with Crippen molar-refractivity contribution >= 4 is 28.5 Å². The Kier molecular flexibility index (Phi) is 7.95. The van der Waals surface area contributed by atoms with Crippen molar-refractivity contribution in [1.29, 1.82) is 0 Å². The van der Waals surface area contributed by atoms with E-state index in [-0.39, 0.29) is 18.4 Å². The number of hydrogen-bond acceptors (Lipinski definition) is 6. The van der Waals surface area contributed by atoms with Gasteiger partial charge in [-0.15, -0.1) is 5.10 Å². The Morgan fingerprint density at radius 3 is 2.34 bits per heavy atom. The van der Waals surface area contributed by atoms with Crippen LogP contribution in [0.4, 0.5) is 5.69 Å². The van der Waals surface area contributed by atoms with Gasteiger partial charge in [-0.2, -0.15) is 0 Å². The van der Waals surface area contributed by atoms with Crippen molar-refractivity contribution in [1.82, 2.24) is 20.3 Å². The second kappa shape index (κ2) is 11.3. The highest BCUT2D eigenvalue weighted by Gasteiger charge is 2.36. The molecular formula is C29H33N5O4. The van der Waals surface area contributed by atoms with Gasteiger partial charge in [0.2, 0.25) is 11.8 Å². The van der Waals surface area contributed by atoms with Gasteiger partial charge in [-0.3, -0.25) is 14.5 Å². The molecular weight excluding hydrogens is 482 g/mol. The van der Waals surface area contributed by atoms with Crippen molar-refractivity contribution < 1.29 is 19.1 Å². The molecule has 0 bridgehead atoms. The molecule has 1 N–H and O–H groups in total. The molecule has 4 aromatic rings. The van der Waals surface area contributed by atoms with E-state index < -0.39 is 11.6 Å². The number of hydrogen-bond donors (Lipinski definition) is 1. The number of amides is 2. The van der Waals surface area contributed by atoms with E-state index in [4.69, 9.17) is 9.47 Å². The number of fused-ring (bicyclic) bond motifs is 1. The van der Waals surface area contributed by atoms with E-state index in [0.717, 1.165) is 5.52 Å². The fourth-order valence-corrected chi connectivity index (χ4v) is 4.18. The average Bonchev–Trinajstić information content (AvgIpc) is 3.34. The summed E-state index contributed by atoms with van der Waals surface area (Å²) in [5, 5.41) is 11.5. The van der Waals surface area contributed by atoms with Crippen molar-refractivity contribution in [3.63, 3.8) is 0 Å². The maximum Gasteiger partial charge on any atom is 0.249 e. The number of nitrogens with one attached hydrogen (secondary N) is 1. The predicted molar refractivity (Wildman–Crippen MR) is 146 cm³/mol. The average molecular weight is 516 g/mol. The number of nitrogens with zero attached hydrogens (tertiary/aromatic N) is 4. The second-order valence-electron chi connectivity index (χ2n) is 9.57. The predicted octanol–water partition coefficient (Wildman–Crippen LogP) is 4.53. The third kappa shape index (κ3) is 5.61. The van der Waals surface area contributed by atoms with Crippen LogP contribution in [0.3, 0.4) is 0 Å². The lowest BCUT2D eigenvalue weighted by atomic mass is 9.98. The van der Waals surface area contributed by atoms with E-state index in [1.807, 2.05) is 57.2 Å². The standard InChI is InChI=1S/C29H33N5O4/c1-6-29(2,3)30-28(36)27(20-15-17-21(37-4)18-16-20)34(24-13-9-10-14-25(24)38-5)26(35)19-33-23-12-8-7-11-22(23)31-32-33/h7-18,27H,6,19H2,1-5H3,(H,30,36)/t27-/m0/s1. The number of aromatic nitrogens is 3. The summed E-state index contributed by atoms with van der Waals surface area (Å²) in [4.78, 5) is 29.7. The Morgan fingerprint density at radius 2 is 1.66 bits per heavy atom. The van der Waals surface area contributed by atoms with Crippen molar-refractivity contribution in [3.8, 4) is 11.5 Å². The summed E-state index contributed by atoms with van der Waals surface area (Å²) in [6, 6.07) is 20.7. The van der Waals surface area contributed by atoms with Crippen LogP contribution in [0.1, 0.15) is 38.8 Å². The topological polar surface area (TPSA) is 98.6 Å². The van der Waals surface area contributed by atoms with Gasteiger partial charge in [0.1, 0.15) is 29.6 Å². The number of para-hydroxylation sites is 3. The van der Waals surface area contributed by atoms with E-state index >= 15 is 0 Å². The largest absolute Gasteiger partial charge is 0.497 e. The molecule has 4 rings (SSSR count). The Hall–Kier alpha value is -4.40. The van der Waals surface area contributed by atoms with Crippen LogP contribution in [0.2, 0.25) is 0 Å². The molecule has 0 radical (unpaired) electrons. The molecule has 38 heavy (non-hydrogen) atoms. The van der Waals surface area contributed by atoms with E-state index in [0.29, 0.717) is 34.7 Å². The summed E-state index contributed by atoms with van der Waals surface area (Å²) in [7, 11) is 3.12. The van der Waals surface area contributed by atoms with Gasteiger partial charge in [0, 0.05) is 5.54 Å². The minimum Gasteiger partial charge on any atom is -0.497 e. The molecule has 0 saturated carbocycles. The van der Waals surface area contributed by atoms with Gasteiger partial charge in [0.15, 0.2) is 0 Å². The summed E-state index contributed by atoms with van der Waals surface area (Å²) in [5.41, 5.74) is 2.00. The first-order chi connectivity index (χ1) is 18.3. The SMILES string of the molecule is CCC(C)(C)NC(=O)[C@H](c1ccc(OC)cc1)N(C(=O)Cn1nnc2ccccc21)c1ccccc1OC. The fourth-order valence-electron chi connectivity index (χ4n) is 4.18. The van der Waals surface area contributed by atoms with Gasteiger partial charge in [-0.25, -0.2) is 4.68 Å². The molecule has 0 spiro atoms. The van der Waals surface area contributed by atoms with E-state index in [9.17, 15) is 9.59 Å². The molecule has 0 aliphatic rings. The van der Waals surface area contributed by atoms with Crippen molar-refractivity contribution in [2.45, 2.75) is 45.3 Å². The molecule has 0 saturated heterocycles. The highest BCUT2D eigenvalue weighted by atomic mass is 16.5. The van der Waals surface area contributed by atoms with Crippen LogP contribution in [0, 0.1) is 0 Å². The number of rotatable bonds is 10. The molecule has 9 nitrogen and oxygen atoms in total. The zero-order valence-corrected chi connectivity index (χ0v) is 22.3. The zero-order valence-electron chi connectivity index (χ0n) is 22.3. The quantitative estimate of drug-likeness (QED) is 0.333. The molecule has 3 aromatic carbocycles. The molecule has 0 unspecified atom stereocenters. The summed E-state index contributed by atoms with van der Waals surface area (Å²) in [6.45, 7) is 5.77. The Balaban J connectivity index is 1.85. The Morgan fingerprint density at radius 1 is 0.974 bits per heavy atom. The van der Waals surface area contributed by atoms with Gasteiger partial charge in [0.25, 0.3) is 0 Å². The third-order valence-corrected chi connectivity index (χ3v) is 6.60. The maximum atomic E-state index is 14.2. The highest BCUT2D eigenvalue weighted by Crippen LogP contribution is 2.36. The lowest BCUT2D eigenvalue weighted by Gasteiger charge is -2.35. The van der Waals surface area contributed by atoms with Crippen LogP contribution in [-0.4, -0.2) is 46.6 Å². The van der Waals surface area contributed by atoms with Crippen LogP contribution in [0.5, 0.6) is 11.5 Å². The van der Waals surface area contributed by atoms with Crippen LogP contribution in [0.15, 0.2) is 72.8 Å². The van der Waals surface area contributed by atoms with E-state index in [1.54, 1.807) is 48.2 Å². The van der Waals surface area contributed by atoms with Crippen molar-refractivity contribution in [3.05, 3.63) is 78.4 Å². The Labute approximate surface area is 222 Å². The molecule has 1 atom stereocenters. The fraction of sp³-hybridized carbons (Fsp3) is 0.310. The zero-order chi connectivity index (χ0) is 27.3. The Bertz CT molecular complexity index is 1410. The van der Waals surface area contributed by atoms with Gasteiger partial charge < -0.3 is 14.8 Å². The number of benzene rings is 3. The monoisotopic (exact) mass is 515 g/mol. The molecule has 198 valence electrons. The highest BCUT2D eigenvalue weighted by molar-refractivity contribution is 6.02. The van der Waals surface area contributed by atoms with Crippen molar-refractivity contribution in [2.24, 2.45) is 0 Å². The molecule has 0 aliphatic carbocycles. The number of carbonyl (C=O) groups is 2. The van der Waals surface area contributed by atoms with Gasteiger partial charge in [-0.1, -0.05) is 48.5 Å². The lowest BCUT2D eigenvalue weighted by Crippen LogP contribution is -2.51. The summed E-state index contributed by atoms with van der Waals surface area (Å²) < 4.78 is 12.5. The molecule has 9 heteroatoms. The minimum absolute atomic E-state index is 0.129. The second-order valence-corrected chi connectivity index (χ2v) is 9.57. The lowest BCUT2D eigenvalue weighted by molar-refractivity contribution is -0.128. The van der Waals surface area contributed by atoms with Gasteiger partial charge in [-0.05, 0) is 62.2 Å². The first kappa shape index (κ1) is 26.7. The molecule has 2 amide bonds. The number of methoxy groups -OCH3 is 2. The normalized spacial score (nSPS) is 12.1. The number of carbonyl (C=O) groups excluding carboxylic acids is 2. The summed E-state index contributed by atoms with van der Waals surface area (Å²) >= 11 is 0. The van der Waals surface area contributed by atoms with Crippen LogP contribution in [-0.2, 0) is 16.1 Å². The minimum atomic E-state index is -0.995. The van der Waals surface area contributed by atoms with Gasteiger partial charge >= 0.3 is 0 Å². The number of ether oxygens (including phenoxy) is 2. The van der Waals surface area contributed by atoms with Crippen LogP contribution >= 0.6 is 0 Å². The molecule has 1 heterocycles. The smallest absolute Gasteiger partial charge is 0.249 e. The summed E-state index contributed by atoms with van der Waals surface area (Å²) in [6.07, 6.45) is 0.710. The first-order valence-corrected chi connectivity index (χ1v) is 12.5. The molecule has 0 fully saturated rings. The molecule has 0 aliphatic heterocycles. The van der Waals surface area contributed by atoms with Crippen LogP contribution in [0.25, 0.3) is 11.0 Å². The van der Waals surface area contributed by atoms with E-state index in [2.05, 4.69) is 15.6 Å². The van der Waals surface area contributed by atoms with Crippen LogP contribution < -0.4 is 19.7 Å².